The predicted octanol–water partition coefficient (Wildman–Crippen LogP) is 3.27. The molecule has 0 aliphatic heterocycles. The molecule has 2 aromatic heterocycles. The normalized spacial score (nSPS) is 13.6. The first-order chi connectivity index (χ1) is 13.4. The summed E-state index contributed by atoms with van der Waals surface area (Å²) in [5, 5.41) is 13.7. The Balaban J connectivity index is 1.74. The highest BCUT2D eigenvalue weighted by molar-refractivity contribution is 6.06. The molecule has 0 atom stereocenters. The van der Waals surface area contributed by atoms with Crippen LogP contribution in [0.2, 0.25) is 0 Å². The van der Waals surface area contributed by atoms with Gasteiger partial charge >= 0.3 is 5.97 Å². The molecular weight excluding hydrogens is 365 g/mol. The summed E-state index contributed by atoms with van der Waals surface area (Å²) in [6, 6.07) is 7.32. The summed E-state index contributed by atoms with van der Waals surface area (Å²) in [5.41, 5.74) is 2.51. The number of aliphatic carboxylic acids is 1. The van der Waals surface area contributed by atoms with E-state index in [1.54, 1.807) is 13.0 Å². The van der Waals surface area contributed by atoms with E-state index in [0.29, 0.717) is 22.2 Å². The first-order valence-corrected chi connectivity index (χ1v) is 8.95. The number of aromatic nitrogens is 2. The van der Waals surface area contributed by atoms with Gasteiger partial charge in [0.25, 0.3) is 11.6 Å². The summed E-state index contributed by atoms with van der Waals surface area (Å²) >= 11 is 0. The summed E-state index contributed by atoms with van der Waals surface area (Å²) in [6.45, 7) is 1.27. The fraction of sp³-hybridized carbons (Fsp3) is 0.300. The number of hydrogen-bond acceptors (Lipinski definition) is 5. The van der Waals surface area contributed by atoms with E-state index in [2.05, 4.69) is 10.1 Å². The molecule has 1 aliphatic rings. The maximum absolute atomic E-state index is 13.3. The average Bonchev–Trinajstić information content (AvgIpc) is 3.45. The molecule has 0 saturated heterocycles. The van der Waals surface area contributed by atoms with Gasteiger partial charge < -0.3 is 14.5 Å². The lowest BCUT2D eigenvalue weighted by Gasteiger charge is -2.21. The van der Waals surface area contributed by atoms with E-state index in [9.17, 15) is 19.1 Å². The third-order valence-corrected chi connectivity index (χ3v) is 4.76. The minimum absolute atomic E-state index is 0.0400. The van der Waals surface area contributed by atoms with Crippen LogP contribution in [0.4, 0.5) is 4.39 Å². The number of pyridine rings is 1. The molecule has 1 amide bonds. The van der Waals surface area contributed by atoms with Crippen molar-refractivity contribution < 1.29 is 23.6 Å². The number of carbonyl (C=O) groups excluding carboxylic acids is 1. The van der Waals surface area contributed by atoms with Crippen molar-refractivity contribution in [3.63, 3.8) is 0 Å². The van der Waals surface area contributed by atoms with Crippen LogP contribution < -0.4 is 0 Å². The fourth-order valence-electron chi connectivity index (χ4n) is 3.21. The van der Waals surface area contributed by atoms with Crippen molar-refractivity contribution in [1.29, 1.82) is 0 Å². The Hall–Kier alpha value is -3.29. The first-order valence-electron chi connectivity index (χ1n) is 8.95. The van der Waals surface area contributed by atoms with E-state index in [-0.39, 0.29) is 18.2 Å². The predicted molar refractivity (Wildman–Crippen MR) is 97.3 cm³/mol. The summed E-state index contributed by atoms with van der Waals surface area (Å²) in [6.07, 6.45) is 1.99. The van der Waals surface area contributed by atoms with E-state index in [0.717, 1.165) is 18.5 Å². The average molecular weight is 383 g/mol. The maximum Gasteiger partial charge on any atom is 0.323 e. The number of rotatable bonds is 6. The third kappa shape index (κ3) is 3.58. The minimum Gasteiger partial charge on any atom is -0.480 e. The van der Waals surface area contributed by atoms with Crippen molar-refractivity contribution in [3.05, 3.63) is 58.7 Å². The van der Waals surface area contributed by atoms with Gasteiger partial charge in [0.2, 0.25) is 0 Å². The minimum atomic E-state index is -1.13. The summed E-state index contributed by atoms with van der Waals surface area (Å²) < 4.78 is 18.4. The second kappa shape index (κ2) is 7.03. The van der Waals surface area contributed by atoms with Crippen LogP contribution in [0.1, 0.15) is 46.1 Å². The van der Waals surface area contributed by atoms with Gasteiger partial charge in [-0.25, -0.2) is 9.37 Å². The number of carbonyl (C=O) groups is 2. The highest BCUT2D eigenvalue weighted by atomic mass is 19.1. The Morgan fingerprint density at radius 3 is 2.64 bits per heavy atom. The molecular formula is C20H18FN3O4. The van der Waals surface area contributed by atoms with E-state index in [4.69, 9.17) is 4.52 Å². The molecule has 28 heavy (non-hydrogen) atoms. The molecule has 8 heteroatoms. The van der Waals surface area contributed by atoms with Crippen molar-refractivity contribution in [2.75, 3.05) is 6.54 Å². The Kier molecular flexibility index (Phi) is 4.54. The monoisotopic (exact) mass is 383 g/mol. The molecule has 1 N–H and O–H groups in total. The second-order valence-electron chi connectivity index (χ2n) is 7.00. The molecule has 1 aromatic carbocycles. The van der Waals surface area contributed by atoms with E-state index in [1.807, 2.05) is 0 Å². The number of benzene rings is 1. The largest absolute Gasteiger partial charge is 0.480 e. The molecule has 7 nitrogen and oxygen atoms in total. The van der Waals surface area contributed by atoms with Crippen LogP contribution in [0.15, 0.2) is 34.9 Å². The maximum atomic E-state index is 13.3. The molecule has 1 saturated carbocycles. The third-order valence-electron chi connectivity index (χ3n) is 4.76. The molecule has 0 bridgehead atoms. The highest BCUT2D eigenvalue weighted by Gasteiger charge is 2.30. The zero-order valence-electron chi connectivity index (χ0n) is 15.2. The molecule has 4 rings (SSSR count). The number of nitrogens with zero attached hydrogens (tertiary/aromatic N) is 3. The number of halogens is 1. The van der Waals surface area contributed by atoms with Gasteiger partial charge in [0, 0.05) is 18.2 Å². The standard InChI is InChI=1S/C20H18FN3O4/c1-11-18-15(8-16(13-4-5-13)22-19(18)28-23-11)20(27)24(10-17(25)26)9-12-2-6-14(21)7-3-12/h2-3,6-8,13H,4-5,9-10H2,1H3,(H,25,26). The number of fused-ring (bicyclic) bond motifs is 1. The number of aryl methyl sites for hydroxylation is 1. The number of carboxylic acid groups (broad SMARTS) is 1. The SMILES string of the molecule is Cc1noc2nc(C3CC3)cc(C(=O)N(CC(=O)O)Cc3ccc(F)cc3)c12. The van der Waals surface area contributed by atoms with Crippen LogP contribution in [-0.2, 0) is 11.3 Å². The van der Waals surface area contributed by atoms with Crippen LogP contribution in [0.25, 0.3) is 11.1 Å². The Morgan fingerprint density at radius 1 is 1.29 bits per heavy atom. The summed E-state index contributed by atoms with van der Waals surface area (Å²) in [5.74, 6) is -1.70. The summed E-state index contributed by atoms with van der Waals surface area (Å²) in [4.78, 5) is 30.3. The van der Waals surface area contributed by atoms with E-state index < -0.39 is 24.2 Å². The Bertz CT molecular complexity index is 1060. The number of amides is 1. The van der Waals surface area contributed by atoms with Gasteiger partial charge in [0.05, 0.1) is 16.6 Å². The van der Waals surface area contributed by atoms with Crippen LogP contribution in [0.5, 0.6) is 0 Å². The van der Waals surface area contributed by atoms with Crippen molar-refractivity contribution in [2.24, 2.45) is 0 Å². The second-order valence-corrected chi connectivity index (χ2v) is 7.00. The Morgan fingerprint density at radius 2 is 2.00 bits per heavy atom. The van der Waals surface area contributed by atoms with Gasteiger partial charge in [-0.3, -0.25) is 9.59 Å². The number of carboxylic acids is 1. The molecule has 144 valence electrons. The Labute approximate surface area is 159 Å². The molecule has 0 unspecified atom stereocenters. The van der Waals surface area contributed by atoms with Crippen molar-refractivity contribution in [1.82, 2.24) is 15.0 Å². The van der Waals surface area contributed by atoms with Crippen LogP contribution >= 0.6 is 0 Å². The fourth-order valence-corrected chi connectivity index (χ4v) is 3.21. The van der Waals surface area contributed by atoms with Crippen LogP contribution in [0.3, 0.4) is 0 Å². The van der Waals surface area contributed by atoms with E-state index >= 15 is 0 Å². The van der Waals surface area contributed by atoms with Gasteiger partial charge in [-0.1, -0.05) is 17.3 Å². The number of hydrogen-bond donors (Lipinski definition) is 1. The van der Waals surface area contributed by atoms with Crippen molar-refractivity contribution in [3.8, 4) is 0 Å². The van der Waals surface area contributed by atoms with Gasteiger partial charge in [-0.2, -0.15) is 0 Å². The van der Waals surface area contributed by atoms with Gasteiger partial charge in [-0.15, -0.1) is 0 Å². The molecule has 2 heterocycles. The molecule has 0 radical (unpaired) electrons. The van der Waals surface area contributed by atoms with Crippen LogP contribution in [-0.4, -0.2) is 38.6 Å². The topological polar surface area (TPSA) is 96.5 Å². The molecule has 1 aliphatic carbocycles. The lowest BCUT2D eigenvalue weighted by molar-refractivity contribution is -0.137. The quantitative estimate of drug-likeness (QED) is 0.702. The van der Waals surface area contributed by atoms with Crippen LogP contribution in [0, 0.1) is 12.7 Å². The van der Waals surface area contributed by atoms with Crippen molar-refractivity contribution >= 4 is 23.0 Å². The smallest absolute Gasteiger partial charge is 0.323 e. The molecule has 0 spiro atoms. The van der Waals surface area contributed by atoms with Crippen molar-refractivity contribution in [2.45, 2.75) is 32.2 Å². The molecule has 3 aromatic rings. The zero-order chi connectivity index (χ0) is 19.8. The zero-order valence-corrected chi connectivity index (χ0v) is 15.2. The first kappa shape index (κ1) is 18.1. The van der Waals surface area contributed by atoms with Gasteiger partial charge in [0.15, 0.2) is 0 Å². The molecule has 1 fully saturated rings. The van der Waals surface area contributed by atoms with E-state index in [1.165, 1.54) is 29.2 Å². The lowest BCUT2D eigenvalue weighted by atomic mass is 10.1. The lowest BCUT2D eigenvalue weighted by Crippen LogP contribution is -2.35. The van der Waals surface area contributed by atoms with Gasteiger partial charge in [0.1, 0.15) is 12.4 Å². The highest BCUT2D eigenvalue weighted by Crippen LogP contribution is 2.40. The summed E-state index contributed by atoms with van der Waals surface area (Å²) in [7, 11) is 0. The van der Waals surface area contributed by atoms with Gasteiger partial charge in [-0.05, 0) is 43.5 Å².